The van der Waals surface area contributed by atoms with Crippen molar-refractivity contribution in [1.29, 1.82) is 0 Å². The molecule has 4 N–H and O–H groups in total. The van der Waals surface area contributed by atoms with Gasteiger partial charge in [-0.3, -0.25) is 14.4 Å². The molecule has 1 saturated heterocycles. The first-order chi connectivity index (χ1) is 18.6. The molecule has 3 amide bonds. The van der Waals surface area contributed by atoms with Crippen LogP contribution in [0.1, 0.15) is 44.2 Å². The molecule has 0 unspecified atom stereocenters. The van der Waals surface area contributed by atoms with Crippen molar-refractivity contribution in [3.05, 3.63) is 70.8 Å². The highest BCUT2D eigenvalue weighted by atomic mass is 35.5. The second-order valence-electron chi connectivity index (χ2n) is 10.2. The molecule has 2 aliphatic heterocycles. The molecule has 2 aromatic rings. The van der Waals surface area contributed by atoms with Crippen molar-refractivity contribution < 1.29 is 29.7 Å². The Morgan fingerprint density at radius 1 is 1.23 bits per heavy atom. The Bertz CT molecular complexity index is 1280. The molecule has 0 aliphatic carbocycles. The maximum Gasteiger partial charge on any atom is 0.264 e. The van der Waals surface area contributed by atoms with Gasteiger partial charge in [0.2, 0.25) is 5.91 Å². The van der Waals surface area contributed by atoms with Crippen LogP contribution >= 0.6 is 11.6 Å². The molecular formula is C29H34ClN3O6. The predicted octanol–water partition coefficient (Wildman–Crippen LogP) is 2.96. The van der Waals surface area contributed by atoms with Crippen molar-refractivity contribution >= 4 is 40.7 Å². The zero-order valence-corrected chi connectivity index (χ0v) is 22.8. The lowest BCUT2D eigenvalue weighted by atomic mass is 9.83. The normalized spacial score (nSPS) is 22.3. The van der Waals surface area contributed by atoms with Crippen molar-refractivity contribution in [1.82, 2.24) is 4.90 Å². The van der Waals surface area contributed by atoms with E-state index in [1.165, 1.54) is 11.8 Å². The summed E-state index contributed by atoms with van der Waals surface area (Å²) in [6, 6.07) is 11.7. The zero-order chi connectivity index (χ0) is 28.3. The molecule has 4 atom stereocenters. The number of aliphatic hydroxyl groups is 3. The molecular weight excluding hydrogens is 522 g/mol. The molecule has 2 heterocycles. The van der Waals surface area contributed by atoms with Gasteiger partial charge < -0.3 is 30.4 Å². The Morgan fingerprint density at radius 3 is 2.72 bits per heavy atom. The van der Waals surface area contributed by atoms with Gasteiger partial charge in [-0.2, -0.15) is 0 Å². The summed E-state index contributed by atoms with van der Waals surface area (Å²) in [5.41, 5.74) is 0.166. The van der Waals surface area contributed by atoms with E-state index in [0.29, 0.717) is 34.1 Å². The van der Waals surface area contributed by atoms with Crippen LogP contribution in [0, 0.1) is 5.92 Å². The largest absolute Gasteiger partial charge is 0.394 e. The summed E-state index contributed by atoms with van der Waals surface area (Å²) >= 11 is 6.26. The lowest BCUT2D eigenvalue weighted by Crippen LogP contribution is -2.44. The van der Waals surface area contributed by atoms with E-state index in [-0.39, 0.29) is 31.5 Å². The highest BCUT2D eigenvalue weighted by molar-refractivity contribution is 6.31. The van der Waals surface area contributed by atoms with Crippen molar-refractivity contribution in [3.8, 4) is 0 Å². The topological polar surface area (TPSA) is 130 Å². The number of nitrogens with one attached hydrogen (secondary N) is 1. The number of anilines is 2. The number of halogens is 1. The number of nitrogens with zero attached hydrogens (tertiary/aromatic N) is 2. The molecule has 0 bridgehead atoms. The number of likely N-dealkylation sites (tertiary alicyclic amines) is 1. The third-order valence-corrected chi connectivity index (χ3v) is 7.67. The predicted molar refractivity (Wildman–Crippen MR) is 148 cm³/mol. The summed E-state index contributed by atoms with van der Waals surface area (Å²) in [6.45, 7) is 3.75. The molecule has 0 radical (unpaired) electrons. The third-order valence-electron chi connectivity index (χ3n) is 7.43. The molecule has 0 saturated carbocycles. The molecule has 2 aromatic carbocycles. The number of fused-ring (bicyclic) bond motifs is 1. The minimum absolute atomic E-state index is 0.0661. The minimum Gasteiger partial charge on any atom is -0.394 e. The summed E-state index contributed by atoms with van der Waals surface area (Å²) < 4.78 is 0. The fourth-order valence-electron chi connectivity index (χ4n) is 5.24. The van der Waals surface area contributed by atoms with Gasteiger partial charge in [0.05, 0.1) is 24.9 Å². The third kappa shape index (κ3) is 5.86. The number of aliphatic hydroxyl groups excluding tert-OH is 2. The Morgan fingerprint density at radius 2 is 2.00 bits per heavy atom. The van der Waals surface area contributed by atoms with Crippen molar-refractivity contribution in [2.24, 2.45) is 5.92 Å². The van der Waals surface area contributed by atoms with Crippen molar-refractivity contribution in [2.75, 3.05) is 23.4 Å². The first-order valence-electron chi connectivity index (χ1n) is 13.1. The van der Waals surface area contributed by atoms with Crippen molar-refractivity contribution in [2.45, 2.75) is 57.4 Å². The summed E-state index contributed by atoms with van der Waals surface area (Å²) in [4.78, 5) is 41.5. The monoisotopic (exact) mass is 555 g/mol. The Labute approximate surface area is 232 Å². The maximum absolute atomic E-state index is 13.8. The number of hydrogen-bond acceptors (Lipinski definition) is 6. The Hall–Kier alpha value is -3.24. The van der Waals surface area contributed by atoms with Gasteiger partial charge in [0.25, 0.3) is 11.8 Å². The average molecular weight is 556 g/mol. The lowest BCUT2D eigenvalue weighted by Gasteiger charge is -2.28. The molecule has 1 fully saturated rings. The molecule has 9 nitrogen and oxygen atoms in total. The van der Waals surface area contributed by atoms with Crippen LogP contribution in [0.25, 0.3) is 0 Å². The number of carbonyl (C=O) groups excluding carboxylic acids is 3. The smallest absolute Gasteiger partial charge is 0.264 e. The number of benzene rings is 2. The highest BCUT2D eigenvalue weighted by Crippen LogP contribution is 2.46. The number of hydrogen-bond donors (Lipinski definition) is 4. The van der Waals surface area contributed by atoms with Gasteiger partial charge >= 0.3 is 0 Å². The summed E-state index contributed by atoms with van der Waals surface area (Å²) in [7, 11) is 0. The van der Waals surface area contributed by atoms with Gasteiger partial charge in [0.1, 0.15) is 6.10 Å². The van der Waals surface area contributed by atoms with Crippen LogP contribution < -0.4 is 10.2 Å². The average Bonchev–Trinajstić information content (AvgIpc) is 3.47. The van der Waals surface area contributed by atoms with Crippen LogP contribution in [0.3, 0.4) is 0 Å². The number of carbonyl (C=O) groups is 3. The summed E-state index contributed by atoms with van der Waals surface area (Å²) in [5.74, 6) is -1.85. The fourth-order valence-corrected chi connectivity index (χ4v) is 5.41. The van der Waals surface area contributed by atoms with Gasteiger partial charge in [-0.1, -0.05) is 42.8 Å². The van der Waals surface area contributed by atoms with E-state index in [2.05, 4.69) is 5.32 Å². The van der Waals surface area contributed by atoms with Crippen LogP contribution in [-0.4, -0.2) is 63.2 Å². The van der Waals surface area contributed by atoms with Crippen molar-refractivity contribution in [3.63, 3.8) is 0 Å². The van der Waals surface area contributed by atoms with E-state index >= 15 is 0 Å². The van der Waals surface area contributed by atoms with E-state index < -0.39 is 29.4 Å². The van der Waals surface area contributed by atoms with Gasteiger partial charge in [0.15, 0.2) is 5.60 Å². The molecule has 4 rings (SSSR count). The summed E-state index contributed by atoms with van der Waals surface area (Å²) in [6.07, 6.45) is 3.89. The number of rotatable bonds is 9. The molecule has 10 heteroatoms. The highest BCUT2D eigenvalue weighted by Gasteiger charge is 2.52. The first-order valence-corrected chi connectivity index (χ1v) is 13.4. The van der Waals surface area contributed by atoms with E-state index in [1.807, 2.05) is 0 Å². The van der Waals surface area contributed by atoms with Crippen LogP contribution in [0.15, 0.2) is 54.6 Å². The second kappa shape index (κ2) is 11.9. The second-order valence-corrected chi connectivity index (χ2v) is 10.6. The zero-order valence-electron chi connectivity index (χ0n) is 22.0. The van der Waals surface area contributed by atoms with Crippen LogP contribution in [0.4, 0.5) is 11.4 Å². The number of amides is 3. The standard InChI is InChI=1S/C29H34ClN3O6/c1-18(6-3-10-26(36)32-13-5-9-23(32)17-34)29(39)24-15-21(30)11-12-25(24)33(28(29)38)16-20-7-4-8-22(14-20)31-27(37)19(2)35/h3-4,6-8,11-12,14-15,18-19,23,34-35,39H,5,9-10,13,16-17H2,1-2H3,(H,31,37)/b6-3+/t18-,19+,23+,29+/m1/s1. The van der Waals surface area contributed by atoms with Gasteiger partial charge in [-0.15, -0.1) is 0 Å². The molecule has 2 aliphatic rings. The van der Waals surface area contributed by atoms with E-state index in [1.54, 1.807) is 66.4 Å². The SMILES string of the molecule is C[C@H](O)C(=O)Nc1cccc(CN2C(=O)[C@](O)([C@H](C)/C=C/CC(=O)N3CCC[C@H]3CO)c3cc(Cl)ccc32)c1. The van der Waals surface area contributed by atoms with Crippen LogP contribution in [-0.2, 0) is 26.5 Å². The van der Waals surface area contributed by atoms with E-state index in [0.717, 1.165) is 12.8 Å². The van der Waals surface area contributed by atoms with Gasteiger partial charge in [-0.05, 0) is 55.7 Å². The van der Waals surface area contributed by atoms with Gasteiger partial charge in [0, 0.05) is 35.2 Å². The maximum atomic E-state index is 13.8. The summed E-state index contributed by atoms with van der Waals surface area (Å²) in [5, 5.41) is 33.8. The van der Waals surface area contributed by atoms with Crippen LogP contribution in [0.5, 0.6) is 0 Å². The molecule has 0 spiro atoms. The van der Waals surface area contributed by atoms with E-state index in [4.69, 9.17) is 11.6 Å². The van der Waals surface area contributed by atoms with Crippen LogP contribution in [0.2, 0.25) is 5.02 Å². The quantitative estimate of drug-likeness (QED) is 0.352. The molecule has 0 aromatic heterocycles. The Balaban J connectivity index is 1.55. The minimum atomic E-state index is -1.90. The molecule has 208 valence electrons. The van der Waals surface area contributed by atoms with Gasteiger partial charge in [-0.25, -0.2) is 0 Å². The first kappa shape index (κ1) is 28.8. The van der Waals surface area contributed by atoms with E-state index in [9.17, 15) is 29.7 Å². The molecule has 39 heavy (non-hydrogen) atoms. The fraction of sp³-hybridized carbons (Fsp3) is 0.414. The Kier molecular flexibility index (Phi) is 8.76. The lowest BCUT2D eigenvalue weighted by molar-refractivity contribution is -0.139.